The zero-order valence-electron chi connectivity index (χ0n) is 14.7. The minimum atomic E-state index is -0.784. The lowest BCUT2D eigenvalue weighted by atomic mass is 9.87. The second-order valence-corrected chi connectivity index (χ2v) is 6.78. The summed E-state index contributed by atoms with van der Waals surface area (Å²) in [5, 5.41) is 16.9. The molecule has 1 aromatic carbocycles. The summed E-state index contributed by atoms with van der Waals surface area (Å²) in [4.78, 5) is 12.3. The molecule has 5 nitrogen and oxygen atoms in total. The van der Waals surface area contributed by atoms with Gasteiger partial charge in [-0.05, 0) is 50.3 Å². The molecule has 0 spiro atoms. The number of para-hydroxylation sites is 1. The van der Waals surface area contributed by atoms with Crippen LogP contribution in [0.2, 0.25) is 0 Å². The van der Waals surface area contributed by atoms with Crippen molar-refractivity contribution in [3.63, 3.8) is 0 Å². The molecule has 0 radical (unpaired) electrons. The van der Waals surface area contributed by atoms with Crippen molar-refractivity contribution in [3.8, 4) is 11.8 Å². The van der Waals surface area contributed by atoms with Crippen LogP contribution in [-0.4, -0.2) is 22.2 Å². The first kappa shape index (κ1) is 17.2. The van der Waals surface area contributed by atoms with Crippen molar-refractivity contribution in [2.24, 2.45) is 5.41 Å². The lowest BCUT2D eigenvalue weighted by Crippen LogP contribution is -2.38. The summed E-state index contributed by atoms with van der Waals surface area (Å²) in [6.07, 6.45) is 7.08. The van der Waals surface area contributed by atoms with Gasteiger partial charge in [0.2, 0.25) is 5.91 Å². The molecule has 0 aliphatic heterocycles. The van der Waals surface area contributed by atoms with Crippen molar-refractivity contribution in [3.05, 3.63) is 47.8 Å². The zero-order valence-corrected chi connectivity index (χ0v) is 14.7. The molecule has 130 valence electrons. The lowest BCUT2D eigenvalue weighted by Gasteiger charge is -2.19. The Morgan fingerprint density at radius 2 is 2.04 bits per heavy atom. The van der Waals surface area contributed by atoms with E-state index < -0.39 is 5.41 Å². The van der Waals surface area contributed by atoms with Crippen molar-refractivity contribution in [2.75, 3.05) is 6.54 Å². The van der Waals surface area contributed by atoms with Gasteiger partial charge >= 0.3 is 0 Å². The van der Waals surface area contributed by atoms with E-state index in [0.717, 1.165) is 37.1 Å². The standard InChI is InChI=1S/C20H24N4O/c1-16-17(14-24(23-16)18-9-3-2-4-10-18)8-7-13-22-19(25)20(15-21)11-5-6-12-20/h2-4,9-10,14H,5-8,11-13H2,1H3,(H,22,25). The van der Waals surface area contributed by atoms with Gasteiger partial charge in [0.15, 0.2) is 0 Å². The molecule has 0 unspecified atom stereocenters. The molecule has 1 amide bonds. The van der Waals surface area contributed by atoms with Gasteiger partial charge in [0.25, 0.3) is 0 Å². The second-order valence-electron chi connectivity index (χ2n) is 6.78. The minimum Gasteiger partial charge on any atom is -0.355 e. The van der Waals surface area contributed by atoms with E-state index >= 15 is 0 Å². The summed E-state index contributed by atoms with van der Waals surface area (Å²) in [6.45, 7) is 2.61. The zero-order chi connectivity index (χ0) is 17.7. The van der Waals surface area contributed by atoms with Crippen molar-refractivity contribution < 1.29 is 4.79 Å². The molecule has 2 aromatic rings. The van der Waals surface area contributed by atoms with Crippen molar-refractivity contribution >= 4 is 5.91 Å². The van der Waals surface area contributed by atoms with E-state index in [0.29, 0.717) is 19.4 Å². The molecule has 0 bridgehead atoms. The second kappa shape index (κ2) is 7.52. The van der Waals surface area contributed by atoms with Crippen LogP contribution in [0.3, 0.4) is 0 Å². The van der Waals surface area contributed by atoms with Gasteiger partial charge in [0.1, 0.15) is 5.41 Å². The quantitative estimate of drug-likeness (QED) is 0.823. The number of benzene rings is 1. The van der Waals surface area contributed by atoms with Gasteiger partial charge in [0, 0.05) is 12.7 Å². The van der Waals surface area contributed by atoms with E-state index in [1.165, 1.54) is 5.56 Å². The molecule has 1 fully saturated rings. The first-order valence-electron chi connectivity index (χ1n) is 8.95. The highest BCUT2D eigenvalue weighted by molar-refractivity contribution is 5.85. The van der Waals surface area contributed by atoms with Crippen LogP contribution < -0.4 is 5.32 Å². The van der Waals surface area contributed by atoms with Gasteiger partial charge in [-0.15, -0.1) is 0 Å². The number of nitriles is 1. The molecular formula is C20H24N4O. The largest absolute Gasteiger partial charge is 0.355 e. The minimum absolute atomic E-state index is 0.0933. The number of carbonyl (C=O) groups is 1. The predicted octanol–water partition coefficient (Wildman–Crippen LogP) is 3.31. The molecule has 0 saturated heterocycles. The first-order chi connectivity index (χ1) is 12.1. The molecule has 1 aliphatic rings. The summed E-state index contributed by atoms with van der Waals surface area (Å²) < 4.78 is 1.90. The fraction of sp³-hybridized carbons (Fsp3) is 0.450. The highest BCUT2D eigenvalue weighted by Gasteiger charge is 2.41. The number of nitrogens with one attached hydrogen (secondary N) is 1. The van der Waals surface area contributed by atoms with E-state index in [1.54, 1.807) is 0 Å². The Morgan fingerprint density at radius 1 is 1.32 bits per heavy atom. The Morgan fingerprint density at radius 3 is 2.72 bits per heavy atom. The Labute approximate surface area is 148 Å². The Kier molecular flexibility index (Phi) is 5.18. The van der Waals surface area contributed by atoms with Crippen LogP contribution in [0.4, 0.5) is 0 Å². The third-order valence-electron chi connectivity index (χ3n) is 5.04. The average molecular weight is 336 g/mol. The fourth-order valence-electron chi connectivity index (χ4n) is 3.47. The topological polar surface area (TPSA) is 70.7 Å². The number of rotatable bonds is 6. The number of hydrogen-bond acceptors (Lipinski definition) is 3. The number of hydrogen-bond donors (Lipinski definition) is 1. The molecule has 25 heavy (non-hydrogen) atoms. The van der Waals surface area contributed by atoms with Crippen molar-refractivity contribution in [2.45, 2.75) is 45.4 Å². The number of aromatic nitrogens is 2. The normalized spacial score (nSPS) is 15.7. The number of aryl methyl sites for hydroxylation is 2. The highest BCUT2D eigenvalue weighted by Crippen LogP contribution is 2.37. The number of nitrogens with zero attached hydrogens (tertiary/aromatic N) is 3. The van der Waals surface area contributed by atoms with Gasteiger partial charge in [-0.1, -0.05) is 31.0 Å². The van der Waals surface area contributed by atoms with Crippen LogP contribution in [0.5, 0.6) is 0 Å². The van der Waals surface area contributed by atoms with E-state index in [9.17, 15) is 10.1 Å². The summed E-state index contributed by atoms with van der Waals surface area (Å²) >= 11 is 0. The molecule has 0 atom stereocenters. The maximum absolute atomic E-state index is 12.3. The molecule has 5 heteroatoms. The van der Waals surface area contributed by atoms with E-state index in [1.807, 2.05) is 41.9 Å². The summed E-state index contributed by atoms with van der Waals surface area (Å²) in [6, 6.07) is 12.3. The van der Waals surface area contributed by atoms with Gasteiger partial charge in [-0.25, -0.2) is 4.68 Å². The smallest absolute Gasteiger partial charge is 0.240 e. The molecule has 3 rings (SSSR count). The maximum Gasteiger partial charge on any atom is 0.240 e. The Hall–Kier alpha value is -2.61. The van der Waals surface area contributed by atoms with Crippen LogP contribution in [0.15, 0.2) is 36.5 Å². The summed E-state index contributed by atoms with van der Waals surface area (Å²) in [7, 11) is 0. The lowest BCUT2D eigenvalue weighted by molar-refractivity contribution is -0.127. The van der Waals surface area contributed by atoms with E-state index in [2.05, 4.69) is 22.7 Å². The first-order valence-corrected chi connectivity index (χ1v) is 8.95. The molecule has 1 saturated carbocycles. The third kappa shape index (κ3) is 3.74. The monoisotopic (exact) mass is 336 g/mol. The van der Waals surface area contributed by atoms with Gasteiger partial charge in [-0.3, -0.25) is 4.79 Å². The molecule has 1 aliphatic carbocycles. The van der Waals surface area contributed by atoms with E-state index in [4.69, 9.17) is 0 Å². The van der Waals surface area contributed by atoms with Crippen LogP contribution in [0, 0.1) is 23.7 Å². The summed E-state index contributed by atoms with van der Waals surface area (Å²) in [5.74, 6) is -0.0933. The van der Waals surface area contributed by atoms with Crippen LogP contribution in [0.25, 0.3) is 5.69 Å². The number of carbonyl (C=O) groups excluding carboxylic acids is 1. The van der Waals surface area contributed by atoms with Crippen LogP contribution >= 0.6 is 0 Å². The third-order valence-corrected chi connectivity index (χ3v) is 5.04. The fourth-order valence-corrected chi connectivity index (χ4v) is 3.47. The molecule has 1 aromatic heterocycles. The Balaban J connectivity index is 1.52. The van der Waals surface area contributed by atoms with Crippen LogP contribution in [0.1, 0.15) is 43.4 Å². The molecular weight excluding hydrogens is 312 g/mol. The van der Waals surface area contributed by atoms with Gasteiger partial charge < -0.3 is 5.32 Å². The molecule has 1 N–H and O–H groups in total. The predicted molar refractivity (Wildman–Crippen MR) is 96.1 cm³/mol. The van der Waals surface area contributed by atoms with Gasteiger partial charge in [-0.2, -0.15) is 10.4 Å². The van der Waals surface area contributed by atoms with Crippen molar-refractivity contribution in [1.82, 2.24) is 15.1 Å². The van der Waals surface area contributed by atoms with Crippen molar-refractivity contribution in [1.29, 1.82) is 5.26 Å². The number of amides is 1. The van der Waals surface area contributed by atoms with Crippen LogP contribution in [-0.2, 0) is 11.2 Å². The molecule has 1 heterocycles. The summed E-state index contributed by atoms with van der Waals surface area (Å²) in [5.41, 5.74) is 2.46. The van der Waals surface area contributed by atoms with E-state index in [-0.39, 0.29) is 5.91 Å². The SMILES string of the molecule is Cc1nn(-c2ccccc2)cc1CCCNC(=O)C1(C#N)CCCC1. The average Bonchev–Trinajstić information content (AvgIpc) is 3.27. The van der Waals surface area contributed by atoms with Gasteiger partial charge in [0.05, 0.1) is 17.5 Å². The highest BCUT2D eigenvalue weighted by atomic mass is 16.2. The Bertz CT molecular complexity index is 767. The maximum atomic E-state index is 12.3.